The largest absolute Gasteiger partial charge is 0.338 e. The molecule has 2 N–H and O–H groups in total. The zero-order valence-corrected chi connectivity index (χ0v) is 16.6. The lowest BCUT2D eigenvalue weighted by Gasteiger charge is -2.07. The molecule has 1 aromatic heterocycles. The van der Waals surface area contributed by atoms with Crippen LogP contribution in [0.1, 0.15) is 32.6 Å². The third-order valence-electron chi connectivity index (χ3n) is 5.23. The van der Waals surface area contributed by atoms with Gasteiger partial charge in [-0.15, -0.1) is 0 Å². The number of carbonyl (C=O) groups is 1. The zero-order chi connectivity index (χ0) is 19.8. The summed E-state index contributed by atoms with van der Waals surface area (Å²) < 4.78 is 0. The maximum Gasteiger partial charge on any atom is 0.255 e. The first kappa shape index (κ1) is 18.0. The van der Waals surface area contributed by atoms with Crippen molar-refractivity contribution in [1.29, 1.82) is 0 Å². The SMILES string of the molecule is Cc1ccc(NC(=O)c2ccc3nc(-c4c(C)cccc4C)[nH]c3c2)cc1C. The van der Waals surface area contributed by atoms with Crippen LogP contribution in [0.5, 0.6) is 0 Å². The van der Waals surface area contributed by atoms with Crippen molar-refractivity contribution in [2.45, 2.75) is 27.7 Å². The third-order valence-corrected chi connectivity index (χ3v) is 5.23. The van der Waals surface area contributed by atoms with Crippen LogP contribution in [0.3, 0.4) is 0 Å². The molecule has 0 saturated carbocycles. The Labute approximate surface area is 164 Å². The van der Waals surface area contributed by atoms with Crippen LogP contribution in [0.15, 0.2) is 54.6 Å². The van der Waals surface area contributed by atoms with Gasteiger partial charge in [-0.2, -0.15) is 0 Å². The minimum atomic E-state index is -0.131. The number of benzene rings is 3. The van der Waals surface area contributed by atoms with Crippen molar-refractivity contribution in [3.63, 3.8) is 0 Å². The standard InChI is InChI=1S/C24H23N3O/c1-14-8-10-19(12-17(14)4)25-24(28)18-9-11-20-21(13-18)27-23(26-20)22-15(2)6-5-7-16(22)3/h5-13H,1-4H3,(H,25,28)(H,26,27). The predicted octanol–water partition coefficient (Wildman–Crippen LogP) is 5.72. The van der Waals surface area contributed by atoms with Gasteiger partial charge in [0.25, 0.3) is 5.91 Å². The van der Waals surface area contributed by atoms with Gasteiger partial charge in [0.05, 0.1) is 11.0 Å². The molecule has 0 aliphatic rings. The second kappa shape index (κ2) is 6.97. The molecule has 0 saturated heterocycles. The molecular formula is C24H23N3O. The van der Waals surface area contributed by atoms with Gasteiger partial charge in [0, 0.05) is 16.8 Å². The van der Waals surface area contributed by atoms with Gasteiger partial charge < -0.3 is 10.3 Å². The molecule has 4 aromatic rings. The number of hydrogen-bond acceptors (Lipinski definition) is 2. The summed E-state index contributed by atoms with van der Waals surface area (Å²) in [6.45, 7) is 8.26. The Morgan fingerprint density at radius 3 is 2.32 bits per heavy atom. The molecule has 0 unspecified atom stereocenters. The summed E-state index contributed by atoms with van der Waals surface area (Å²) in [6, 6.07) is 17.7. The molecule has 4 nitrogen and oxygen atoms in total. The number of carbonyl (C=O) groups excluding carboxylic acids is 1. The van der Waals surface area contributed by atoms with E-state index < -0.39 is 0 Å². The molecule has 0 fully saturated rings. The van der Waals surface area contributed by atoms with Crippen LogP contribution >= 0.6 is 0 Å². The van der Waals surface area contributed by atoms with E-state index in [1.807, 2.05) is 49.4 Å². The highest BCUT2D eigenvalue weighted by molar-refractivity contribution is 6.06. The number of amides is 1. The molecule has 1 heterocycles. The van der Waals surface area contributed by atoms with Crippen molar-refractivity contribution in [1.82, 2.24) is 9.97 Å². The molecule has 0 bridgehead atoms. The number of aromatic nitrogens is 2. The molecule has 4 heteroatoms. The number of rotatable bonds is 3. The number of nitrogens with zero attached hydrogens (tertiary/aromatic N) is 1. The average Bonchev–Trinajstić information content (AvgIpc) is 3.07. The fourth-order valence-corrected chi connectivity index (χ4v) is 3.48. The maximum absolute atomic E-state index is 12.7. The Balaban J connectivity index is 1.66. The van der Waals surface area contributed by atoms with Gasteiger partial charge in [-0.1, -0.05) is 24.3 Å². The van der Waals surface area contributed by atoms with Crippen molar-refractivity contribution in [2.24, 2.45) is 0 Å². The highest BCUT2D eigenvalue weighted by Crippen LogP contribution is 2.27. The van der Waals surface area contributed by atoms with Crippen molar-refractivity contribution >= 4 is 22.6 Å². The Hall–Kier alpha value is -3.40. The first-order chi connectivity index (χ1) is 13.4. The van der Waals surface area contributed by atoms with Crippen molar-refractivity contribution in [3.8, 4) is 11.4 Å². The summed E-state index contributed by atoms with van der Waals surface area (Å²) in [7, 11) is 0. The molecule has 0 radical (unpaired) electrons. The monoisotopic (exact) mass is 369 g/mol. The summed E-state index contributed by atoms with van der Waals surface area (Å²) in [5.74, 6) is 0.700. The molecule has 1 amide bonds. The third kappa shape index (κ3) is 3.29. The molecule has 0 aliphatic heterocycles. The van der Waals surface area contributed by atoms with E-state index in [2.05, 4.69) is 43.2 Å². The van der Waals surface area contributed by atoms with Crippen LogP contribution in [-0.2, 0) is 0 Å². The van der Waals surface area contributed by atoms with E-state index in [-0.39, 0.29) is 5.91 Å². The highest BCUT2D eigenvalue weighted by Gasteiger charge is 2.13. The molecule has 0 aliphatic carbocycles. The maximum atomic E-state index is 12.7. The number of fused-ring (bicyclic) bond motifs is 1. The predicted molar refractivity (Wildman–Crippen MR) is 115 cm³/mol. The van der Waals surface area contributed by atoms with Crippen molar-refractivity contribution < 1.29 is 4.79 Å². The number of imidazole rings is 1. The van der Waals surface area contributed by atoms with Gasteiger partial charge in [0.15, 0.2) is 0 Å². The van der Waals surface area contributed by atoms with Crippen LogP contribution in [0, 0.1) is 27.7 Å². The van der Waals surface area contributed by atoms with Gasteiger partial charge in [0.1, 0.15) is 5.82 Å². The molecule has 3 aromatic carbocycles. The van der Waals surface area contributed by atoms with E-state index >= 15 is 0 Å². The van der Waals surface area contributed by atoms with Crippen LogP contribution in [0.4, 0.5) is 5.69 Å². The van der Waals surface area contributed by atoms with E-state index in [4.69, 9.17) is 4.98 Å². The van der Waals surface area contributed by atoms with Gasteiger partial charge >= 0.3 is 0 Å². The smallest absolute Gasteiger partial charge is 0.255 e. The summed E-state index contributed by atoms with van der Waals surface area (Å²) in [6.07, 6.45) is 0. The molecule has 4 rings (SSSR count). The minimum Gasteiger partial charge on any atom is -0.338 e. The van der Waals surface area contributed by atoms with Crippen LogP contribution in [0.25, 0.3) is 22.4 Å². The molecule has 140 valence electrons. The molecule has 28 heavy (non-hydrogen) atoms. The van der Waals surface area contributed by atoms with Gasteiger partial charge in [-0.05, 0) is 80.3 Å². The average molecular weight is 369 g/mol. The first-order valence-corrected chi connectivity index (χ1v) is 9.37. The van der Waals surface area contributed by atoms with Gasteiger partial charge in [0.2, 0.25) is 0 Å². The second-order valence-corrected chi connectivity index (χ2v) is 7.34. The molecule has 0 spiro atoms. The van der Waals surface area contributed by atoms with E-state index in [1.54, 1.807) is 0 Å². The van der Waals surface area contributed by atoms with Gasteiger partial charge in [-0.25, -0.2) is 4.98 Å². The summed E-state index contributed by atoms with van der Waals surface area (Å²) in [4.78, 5) is 20.8. The summed E-state index contributed by atoms with van der Waals surface area (Å²) >= 11 is 0. The van der Waals surface area contributed by atoms with Crippen molar-refractivity contribution in [2.75, 3.05) is 5.32 Å². The van der Waals surface area contributed by atoms with Crippen molar-refractivity contribution in [3.05, 3.63) is 82.4 Å². The lowest BCUT2D eigenvalue weighted by molar-refractivity contribution is 0.102. The number of nitrogens with one attached hydrogen (secondary N) is 2. The number of aryl methyl sites for hydroxylation is 4. The Morgan fingerprint density at radius 1 is 0.857 bits per heavy atom. The number of H-pyrrole nitrogens is 1. The fraction of sp³-hybridized carbons (Fsp3) is 0.167. The zero-order valence-electron chi connectivity index (χ0n) is 16.6. The Bertz CT molecular complexity index is 1180. The second-order valence-electron chi connectivity index (χ2n) is 7.34. The lowest BCUT2D eigenvalue weighted by atomic mass is 10.0. The summed E-state index contributed by atoms with van der Waals surface area (Å²) in [5, 5.41) is 2.97. The number of aromatic amines is 1. The normalized spacial score (nSPS) is 11.0. The van der Waals surface area contributed by atoms with Crippen LogP contribution in [-0.4, -0.2) is 15.9 Å². The number of anilines is 1. The topological polar surface area (TPSA) is 57.8 Å². The Kier molecular flexibility index (Phi) is 4.47. The lowest BCUT2D eigenvalue weighted by Crippen LogP contribution is -2.11. The van der Waals surface area contributed by atoms with E-state index in [1.165, 1.54) is 16.7 Å². The number of hydrogen-bond donors (Lipinski definition) is 2. The first-order valence-electron chi connectivity index (χ1n) is 9.37. The highest BCUT2D eigenvalue weighted by atomic mass is 16.1. The van der Waals surface area contributed by atoms with E-state index in [9.17, 15) is 4.79 Å². The quantitative estimate of drug-likeness (QED) is 0.485. The van der Waals surface area contributed by atoms with Crippen LogP contribution in [0.2, 0.25) is 0 Å². The van der Waals surface area contributed by atoms with Gasteiger partial charge in [-0.3, -0.25) is 4.79 Å². The summed E-state index contributed by atoms with van der Waals surface area (Å²) in [5.41, 5.74) is 8.91. The minimum absolute atomic E-state index is 0.131. The molecular weight excluding hydrogens is 346 g/mol. The molecule has 0 atom stereocenters. The Morgan fingerprint density at radius 2 is 1.61 bits per heavy atom. The van der Waals surface area contributed by atoms with E-state index in [0.717, 1.165) is 33.7 Å². The fourth-order valence-electron chi connectivity index (χ4n) is 3.48. The van der Waals surface area contributed by atoms with Crippen LogP contribution < -0.4 is 5.32 Å². The van der Waals surface area contributed by atoms with E-state index in [0.29, 0.717) is 5.56 Å².